The molecule has 0 amide bonds. The molecule has 0 unspecified atom stereocenters. The number of hydrogen-bond acceptors (Lipinski definition) is 3. The Bertz CT molecular complexity index is 2530. The lowest BCUT2D eigenvalue weighted by atomic mass is 9.94. The van der Waals surface area contributed by atoms with Crippen LogP contribution in [0, 0.1) is 0 Å². The van der Waals surface area contributed by atoms with Gasteiger partial charge in [0, 0.05) is 33.0 Å². The van der Waals surface area contributed by atoms with Crippen molar-refractivity contribution in [2.45, 2.75) is 0 Å². The molecular weight excluding hydrogens is 548 g/mol. The molecule has 0 radical (unpaired) electrons. The maximum atomic E-state index is 6.73. The van der Waals surface area contributed by atoms with Crippen LogP contribution in [0.25, 0.3) is 88.5 Å². The quantitative estimate of drug-likeness (QED) is 0.210. The summed E-state index contributed by atoms with van der Waals surface area (Å²) in [7, 11) is 0. The van der Waals surface area contributed by atoms with Gasteiger partial charge < -0.3 is 4.42 Å². The average molecular weight is 575 g/mol. The first kappa shape index (κ1) is 25.4. The van der Waals surface area contributed by atoms with Crippen LogP contribution in [0.1, 0.15) is 0 Å². The zero-order valence-corrected chi connectivity index (χ0v) is 24.3. The highest BCUT2D eigenvalue weighted by molar-refractivity contribution is 6.21. The first-order valence-electron chi connectivity index (χ1n) is 15.2. The van der Waals surface area contributed by atoms with E-state index in [-0.39, 0.29) is 0 Å². The number of aromatic nitrogens is 2. The average Bonchev–Trinajstić information content (AvgIpc) is 3.49. The molecule has 2 aromatic heterocycles. The van der Waals surface area contributed by atoms with Gasteiger partial charge in [-0.25, -0.2) is 9.97 Å². The molecule has 210 valence electrons. The predicted octanol–water partition coefficient (Wildman–Crippen LogP) is 11.4. The third kappa shape index (κ3) is 4.29. The molecule has 0 fully saturated rings. The van der Waals surface area contributed by atoms with E-state index in [1.807, 2.05) is 36.4 Å². The van der Waals surface area contributed by atoms with Crippen LogP contribution in [0.4, 0.5) is 0 Å². The molecule has 2 heterocycles. The zero-order valence-electron chi connectivity index (χ0n) is 24.3. The Hall–Kier alpha value is -6.06. The summed E-state index contributed by atoms with van der Waals surface area (Å²) < 4.78 is 6.73. The van der Waals surface area contributed by atoms with Gasteiger partial charge in [-0.15, -0.1) is 0 Å². The van der Waals surface area contributed by atoms with Crippen LogP contribution < -0.4 is 0 Å². The van der Waals surface area contributed by atoms with Gasteiger partial charge in [0.25, 0.3) is 0 Å². The van der Waals surface area contributed by atoms with Crippen LogP contribution in [0.2, 0.25) is 0 Å². The van der Waals surface area contributed by atoms with E-state index < -0.39 is 0 Å². The first-order chi connectivity index (χ1) is 22.3. The van der Waals surface area contributed by atoms with E-state index >= 15 is 0 Å². The number of hydrogen-bond donors (Lipinski definition) is 0. The largest absolute Gasteiger partial charge is 0.455 e. The lowest BCUT2D eigenvalue weighted by Crippen LogP contribution is -1.96. The first-order valence-corrected chi connectivity index (χ1v) is 15.2. The molecule has 9 aromatic rings. The fourth-order valence-corrected chi connectivity index (χ4v) is 6.52. The standard InChI is InChI=1S/C42H26N2O/c1-3-13-28(14-4-1)36-26-37(32-23-22-27-12-7-8-17-30(27)24-32)44-42(43-36)34-20-11-21-38-40(34)35-25-31-18-9-10-19-33(31)39(41(35)45-38)29-15-5-2-6-16-29/h1-26H. The zero-order chi connectivity index (χ0) is 29.7. The monoisotopic (exact) mass is 574 g/mol. The summed E-state index contributed by atoms with van der Waals surface area (Å²) in [6, 6.07) is 54.8. The van der Waals surface area contributed by atoms with Crippen molar-refractivity contribution in [3.05, 3.63) is 158 Å². The Morgan fingerprint density at radius 3 is 1.89 bits per heavy atom. The van der Waals surface area contributed by atoms with E-state index in [9.17, 15) is 0 Å². The minimum absolute atomic E-state index is 0.669. The molecule has 0 atom stereocenters. The summed E-state index contributed by atoms with van der Waals surface area (Å²) in [5.41, 5.74) is 8.71. The summed E-state index contributed by atoms with van der Waals surface area (Å²) in [6.45, 7) is 0. The van der Waals surface area contributed by atoms with Gasteiger partial charge in [-0.1, -0.05) is 133 Å². The summed E-state index contributed by atoms with van der Waals surface area (Å²) >= 11 is 0. The smallest absolute Gasteiger partial charge is 0.161 e. The predicted molar refractivity (Wildman–Crippen MR) is 186 cm³/mol. The van der Waals surface area contributed by atoms with Crippen molar-refractivity contribution in [3.8, 4) is 45.0 Å². The van der Waals surface area contributed by atoms with E-state index in [4.69, 9.17) is 14.4 Å². The molecule has 45 heavy (non-hydrogen) atoms. The Labute approximate surface area is 260 Å². The maximum Gasteiger partial charge on any atom is 0.161 e. The normalized spacial score (nSPS) is 11.6. The molecule has 0 spiro atoms. The van der Waals surface area contributed by atoms with Crippen molar-refractivity contribution in [1.82, 2.24) is 9.97 Å². The second kappa shape index (κ2) is 10.3. The van der Waals surface area contributed by atoms with Crippen LogP contribution in [0.3, 0.4) is 0 Å². The topological polar surface area (TPSA) is 38.9 Å². The molecule has 0 aliphatic heterocycles. The fraction of sp³-hybridized carbons (Fsp3) is 0. The molecule has 0 aliphatic rings. The highest BCUT2D eigenvalue weighted by Gasteiger charge is 2.21. The minimum Gasteiger partial charge on any atom is -0.455 e. The molecule has 0 saturated heterocycles. The van der Waals surface area contributed by atoms with Gasteiger partial charge in [0.2, 0.25) is 0 Å². The van der Waals surface area contributed by atoms with Crippen molar-refractivity contribution < 1.29 is 4.42 Å². The van der Waals surface area contributed by atoms with Gasteiger partial charge in [0.05, 0.1) is 11.4 Å². The summed E-state index contributed by atoms with van der Waals surface area (Å²) in [4.78, 5) is 10.4. The molecule has 0 N–H and O–H groups in total. The van der Waals surface area contributed by atoms with Gasteiger partial charge in [-0.3, -0.25) is 0 Å². The second-order valence-electron chi connectivity index (χ2n) is 11.4. The fourth-order valence-electron chi connectivity index (χ4n) is 6.52. The van der Waals surface area contributed by atoms with Crippen molar-refractivity contribution in [3.63, 3.8) is 0 Å². The highest BCUT2D eigenvalue weighted by Crippen LogP contribution is 2.44. The van der Waals surface area contributed by atoms with Crippen LogP contribution in [0.15, 0.2) is 162 Å². The Balaban J connectivity index is 1.34. The van der Waals surface area contributed by atoms with E-state index in [1.165, 1.54) is 10.8 Å². The second-order valence-corrected chi connectivity index (χ2v) is 11.4. The Kier molecular flexibility index (Phi) is 5.82. The number of benzene rings is 7. The molecule has 7 aromatic carbocycles. The molecule has 9 rings (SSSR count). The molecule has 0 saturated carbocycles. The number of rotatable bonds is 4. The summed E-state index contributed by atoms with van der Waals surface area (Å²) in [6.07, 6.45) is 0. The van der Waals surface area contributed by atoms with Gasteiger partial charge in [0.15, 0.2) is 5.82 Å². The third-order valence-electron chi connectivity index (χ3n) is 8.65. The van der Waals surface area contributed by atoms with Crippen molar-refractivity contribution in [2.24, 2.45) is 0 Å². The maximum absolute atomic E-state index is 6.73. The third-order valence-corrected chi connectivity index (χ3v) is 8.65. The van der Waals surface area contributed by atoms with Crippen molar-refractivity contribution in [1.29, 1.82) is 0 Å². The summed E-state index contributed by atoms with van der Waals surface area (Å²) in [5.74, 6) is 0.669. The van der Waals surface area contributed by atoms with Gasteiger partial charge in [-0.2, -0.15) is 0 Å². The molecule has 0 bridgehead atoms. The van der Waals surface area contributed by atoms with E-state index in [0.717, 1.165) is 71.9 Å². The number of furan rings is 1. The van der Waals surface area contributed by atoms with E-state index in [2.05, 4.69) is 121 Å². The molecular formula is C42H26N2O. The Morgan fingerprint density at radius 2 is 1.09 bits per heavy atom. The lowest BCUT2D eigenvalue weighted by molar-refractivity contribution is 0.670. The molecule has 3 heteroatoms. The summed E-state index contributed by atoms with van der Waals surface area (Å²) in [5, 5.41) is 6.79. The van der Waals surface area contributed by atoms with Crippen molar-refractivity contribution >= 4 is 43.5 Å². The van der Waals surface area contributed by atoms with E-state index in [1.54, 1.807) is 0 Å². The number of fused-ring (bicyclic) bond motifs is 5. The molecule has 0 aliphatic carbocycles. The SMILES string of the molecule is c1ccc(-c2cc(-c3ccc4ccccc4c3)nc(-c3cccc4oc5c(-c6ccccc6)c6ccccc6cc5c34)n2)cc1. The van der Waals surface area contributed by atoms with Gasteiger partial charge in [-0.05, 0) is 51.4 Å². The highest BCUT2D eigenvalue weighted by atomic mass is 16.3. The van der Waals surface area contributed by atoms with Gasteiger partial charge in [0.1, 0.15) is 11.2 Å². The van der Waals surface area contributed by atoms with Gasteiger partial charge >= 0.3 is 0 Å². The van der Waals surface area contributed by atoms with Crippen LogP contribution in [-0.4, -0.2) is 9.97 Å². The minimum atomic E-state index is 0.669. The Morgan fingerprint density at radius 1 is 0.422 bits per heavy atom. The lowest BCUT2D eigenvalue weighted by Gasteiger charge is -2.11. The van der Waals surface area contributed by atoms with Crippen LogP contribution in [0.5, 0.6) is 0 Å². The molecule has 3 nitrogen and oxygen atoms in total. The number of nitrogens with zero attached hydrogens (tertiary/aromatic N) is 2. The van der Waals surface area contributed by atoms with E-state index in [0.29, 0.717) is 5.82 Å². The van der Waals surface area contributed by atoms with Crippen LogP contribution in [-0.2, 0) is 0 Å². The van der Waals surface area contributed by atoms with Crippen LogP contribution >= 0.6 is 0 Å². The van der Waals surface area contributed by atoms with Crippen molar-refractivity contribution in [2.75, 3.05) is 0 Å².